The van der Waals surface area contributed by atoms with Gasteiger partial charge in [0.1, 0.15) is 10.8 Å². The van der Waals surface area contributed by atoms with E-state index in [-0.39, 0.29) is 10.7 Å². The first-order valence-electron chi connectivity index (χ1n) is 5.74. The third-order valence-corrected chi connectivity index (χ3v) is 3.80. The zero-order valence-corrected chi connectivity index (χ0v) is 13.7. The highest BCUT2D eigenvalue weighted by Gasteiger charge is 2.13. The molecule has 108 valence electrons. The third kappa shape index (κ3) is 3.78. The van der Waals surface area contributed by atoms with Gasteiger partial charge in [0.15, 0.2) is 0 Å². The minimum atomic E-state index is -0.612. The number of halogens is 3. The second-order valence-electron chi connectivity index (χ2n) is 4.14. The Labute approximate surface area is 139 Å². The number of carbonyl (C=O) groups excluding carboxylic acids is 1. The number of nitrogens with one attached hydrogen (secondary N) is 1. The standard InChI is InChI=1S/C14H9BrClFN2OS/c15-10-6-8(16)2-3-9(10)14(20)19-12-4-1-7(13(18)21)5-11(12)17/h1-6H,(H2,18,21)(H,19,20). The van der Waals surface area contributed by atoms with Crippen molar-refractivity contribution >= 4 is 56.3 Å². The summed E-state index contributed by atoms with van der Waals surface area (Å²) in [5, 5.41) is 2.97. The Morgan fingerprint density at radius 3 is 2.57 bits per heavy atom. The summed E-state index contributed by atoms with van der Waals surface area (Å²) in [6.07, 6.45) is 0. The first-order valence-corrected chi connectivity index (χ1v) is 7.32. The molecular weight excluding hydrogens is 379 g/mol. The quantitative estimate of drug-likeness (QED) is 0.779. The second-order valence-corrected chi connectivity index (χ2v) is 5.87. The normalized spacial score (nSPS) is 10.2. The van der Waals surface area contributed by atoms with Gasteiger partial charge < -0.3 is 11.1 Å². The molecule has 0 radical (unpaired) electrons. The van der Waals surface area contributed by atoms with Crippen molar-refractivity contribution in [1.29, 1.82) is 0 Å². The van der Waals surface area contributed by atoms with Crippen LogP contribution < -0.4 is 11.1 Å². The van der Waals surface area contributed by atoms with Crippen LogP contribution in [-0.4, -0.2) is 10.9 Å². The predicted molar refractivity (Wildman–Crippen MR) is 89.4 cm³/mol. The highest BCUT2D eigenvalue weighted by molar-refractivity contribution is 9.10. The minimum absolute atomic E-state index is 0.0434. The van der Waals surface area contributed by atoms with Gasteiger partial charge in [-0.1, -0.05) is 23.8 Å². The molecule has 0 fully saturated rings. The van der Waals surface area contributed by atoms with E-state index in [0.717, 1.165) is 0 Å². The van der Waals surface area contributed by atoms with E-state index < -0.39 is 11.7 Å². The molecule has 7 heteroatoms. The number of thiocarbonyl (C=S) groups is 1. The summed E-state index contributed by atoms with van der Waals surface area (Å²) < 4.78 is 14.4. The van der Waals surface area contributed by atoms with Gasteiger partial charge in [-0.2, -0.15) is 0 Å². The molecule has 1 amide bonds. The average Bonchev–Trinajstić information content (AvgIpc) is 2.40. The zero-order valence-electron chi connectivity index (χ0n) is 10.5. The molecule has 21 heavy (non-hydrogen) atoms. The molecule has 0 saturated carbocycles. The summed E-state index contributed by atoms with van der Waals surface area (Å²) >= 11 is 13.8. The lowest BCUT2D eigenvalue weighted by molar-refractivity contribution is 0.102. The topological polar surface area (TPSA) is 55.1 Å². The van der Waals surface area contributed by atoms with Gasteiger partial charge in [-0.3, -0.25) is 4.79 Å². The fourth-order valence-corrected chi connectivity index (χ4v) is 2.62. The molecule has 2 aromatic carbocycles. The molecular formula is C14H9BrClFN2OS. The molecule has 0 bridgehead atoms. The second kappa shape index (κ2) is 6.51. The Hall–Kier alpha value is -1.50. The Balaban J connectivity index is 2.25. The highest BCUT2D eigenvalue weighted by atomic mass is 79.9. The largest absolute Gasteiger partial charge is 0.389 e. The van der Waals surface area contributed by atoms with E-state index in [1.165, 1.54) is 18.2 Å². The van der Waals surface area contributed by atoms with Gasteiger partial charge in [0, 0.05) is 15.1 Å². The van der Waals surface area contributed by atoms with E-state index in [0.29, 0.717) is 20.6 Å². The summed E-state index contributed by atoms with van der Waals surface area (Å²) in [7, 11) is 0. The van der Waals surface area contributed by atoms with Gasteiger partial charge in [0.25, 0.3) is 5.91 Å². The molecule has 0 heterocycles. The summed E-state index contributed by atoms with van der Waals surface area (Å²) in [6.45, 7) is 0. The lowest BCUT2D eigenvalue weighted by Gasteiger charge is -2.09. The van der Waals surface area contributed by atoms with Crippen LogP contribution >= 0.6 is 39.7 Å². The third-order valence-electron chi connectivity index (χ3n) is 2.68. The van der Waals surface area contributed by atoms with Crippen molar-refractivity contribution in [3.63, 3.8) is 0 Å². The smallest absolute Gasteiger partial charge is 0.256 e. The van der Waals surface area contributed by atoms with Crippen LogP contribution in [0.25, 0.3) is 0 Å². The number of amides is 1. The van der Waals surface area contributed by atoms with Crippen molar-refractivity contribution in [2.75, 3.05) is 5.32 Å². The van der Waals surface area contributed by atoms with Gasteiger partial charge in [-0.25, -0.2) is 4.39 Å². The summed E-state index contributed by atoms with van der Waals surface area (Å²) in [4.78, 5) is 12.2. The summed E-state index contributed by atoms with van der Waals surface area (Å²) in [6, 6.07) is 8.83. The van der Waals surface area contributed by atoms with E-state index in [9.17, 15) is 9.18 Å². The molecule has 0 aromatic heterocycles. The van der Waals surface area contributed by atoms with Gasteiger partial charge >= 0.3 is 0 Å². The van der Waals surface area contributed by atoms with Crippen LogP contribution in [0.3, 0.4) is 0 Å². The van der Waals surface area contributed by atoms with Gasteiger partial charge in [-0.15, -0.1) is 0 Å². The number of anilines is 1. The molecule has 0 aliphatic rings. The van der Waals surface area contributed by atoms with Crippen LogP contribution in [0, 0.1) is 5.82 Å². The molecule has 2 rings (SSSR count). The lowest BCUT2D eigenvalue weighted by atomic mass is 10.1. The van der Waals surface area contributed by atoms with Gasteiger partial charge in [0.2, 0.25) is 0 Å². The molecule has 0 spiro atoms. The summed E-state index contributed by atoms with van der Waals surface area (Å²) in [5.41, 5.74) is 6.20. The molecule has 3 nitrogen and oxygen atoms in total. The molecule has 0 saturated heterocycles. The lowest BCUT2D eigenvalue weighted by Crippen LogP contribution is -2.15. The summed E-state index contributed by atoms with van der Waals surface area (Å²) in [5.74, 6) is -1.07. The van der Waals surface area contributed by atoms with E-state index >= 15 is 0 Å². The van der Waals surface area contributed by atoms with E-state index in [4.69, 9.17) is 29.6 Å². The van der Waals surface area contributed by atoms with Crippen LogP contribution in [0.15, 0.2) is 40.9 Å². The van der Waals surface area contributed by atoms with Crippen molar-refractivity contribution in [1.82, 2.24) is 0 Å². The van der Waals surface area contributed by atoms with Crippen molar-refractivity contribution in [2.24, 2.45) is 5.73 Å². The van der Waals surface area contributed by atoms with E-state index in [1.807, 2.05) is 0 Å². The van der Waals surface area contributed by atoms with Gasteiger partial charge in [-0.05, 0) is 52.3 Å². The number of hydrogen-bond donors (Lipinski definition) is 2. The van der Waals surface area contributed by atoms with Crippen LogP contribution in [-0.2, 0) is 0 Å². The number of carbonyl (C=O) groups is 1. The molecule has 3 N–H and O–H groups in total. The fourth-order valence-electron chi connectivity index (χ4n) is 1.63. The number of nitrogens with two attached hydrogens (primary N) is 1. The van der Waals surface area contributed by atoms with Crippen molar-refractivity contribution in [3.05, 3.63) is 62.8 Å². The maximum Gasteiger partial charge on any atom is 0.256 e. The van der Waals surface area contributed by atoms with Crippen LogP contribution in [0.5, 0.6) is 0 Å². The van der Waals surface area contributed by atoms with Gasteiger partial charge in [0.05, 0.1) is 11.3 Å². The zero-order chi connectivity index (χ0) is 15.6. The van der Waals surface area contributed by atoms with E-state index in [1.54, 1.807) is 18.2 Å². The number of rotatable bonds is 3. The monoisotopic (exact) mass is 386 g/mol. The molecule has 2 aromatic rings. The van der Waals surface area contributed by atoms with Crippen LogP contribution in [0.1, 0.15) is 15.9 Å². The Morgan fingerprint density at radius 2 is 2.00 bits per heavy atom. The maximum absolute atomic E-state index is 13.9. The predicted octanol–water partition coefficient (Wildman–Crippen LogP) is 4.13. The number of benzene rings is 2. The SMILES string of the molecule is NC(=S)c1ccc(NC(=O)c2ccc(Cl)cc2Br)c(F)c1. The Bertz CT molecular complexity index is 739. The van der Waals surface area contributed by atoms with Crippen LogP contribution in [0.2, 0.25) is 5.02 Å². The van der Waals surface area contributed by atoms with Crippen molar-refractivity contribution in [2.45, 2.75) is 0 Å². The Morgan fingerprint density at radius 1 is 1.29 bits per heavy atom. The van der Waals surface area contributed by atoms with E-state index in [2.05, 4.69) is 21.2 Å². The van der Waals surface area contributed by atoms with Crippen LogP contribution in [0.4, 0.5) is 10.1 Å². The average molecular weight is 388 g/mol. The highest BCUT2D eigenvalue weighted by Crippen LogP contribution is 2.23. The first kappa shape index (κ1) is 15.9. The Kier molecular flexibility index (Phi) is 4.92. The van der Waals surface area contributed by atoms with Crippen molar-refractivity contribution < 1.29 is 9.18 Å². The molecule has 0 atom stereocenters. The molecule has 0 aliphatic carbocycles. The minimum Gasteiger partial charge on any atom is -0.389 e. The first-order chi connectivity index (χ1) is 9.88. The molecule has 0 unspecified atom stereocenters. The fraction of sp³-hybridized carbons (Fsp3) is 0. The molecule has 0 aliphatic heterocycles. The van der Waals surface area contributed by atoms with Crippen molar-refractivity contribution in [3.8, 4) is 0 Å². The maximum atomic E-state index is 13.9. The number of hydrogen-bond acceptors (Lipinski definition) is 2.